The molecule has 0 spiro atoms. The maximum atomic E-state index is 11.1. The lowest BCUT2D eigenvalue weighted by Crippen LogP contribution is -2.53. The van der Waals surface area contributed by atoms with Crippen LogP contribution in [0.1, 0.15) is 25.0 Å². The van der Waals surface area contributed by atoms with Crippen LogP contribution in [0.15, 0.2) is 18.2 Å². The monoisotopic (exact) mass is 253 g/mol. The third kappa shape index (κ3) is 2.10. The van der Waals surface area contributed by atoms with E-state index in [4.69, 9.17) is 11.6 Å². The van der Waals surface area contributed by atoms with Crippen molar-refractivity contribution in [1.29, 1.82) is 0 Å². The van der Waals surface area contributed by atoms with Crippen LogP contribution in [-0.4, -0.2) is 18.2 Å². The first kappa shape index (κ1) is 12.9. The van der Waals surface area contributed by atoms with Crippen LogP contribution >= 0.6 is 11.6 Å². The third-order valence-electron chi connectivity index (χ3n) is 4.02. The summed E-state index contributed by atoms with van der Waals surface area (Å²) in [5.74, 6) is 0.400. The molecule has 2 N–H and O–H groups in total. The van der Waals surface area contributed by atoms with Crippen molar-refractivity contribution >= 4 is 11.6 Å². The molecule has 1 aromatic carbocycles. The number of benzene rings is 1. The Labute approximate surface area is 108 Å². The van der Waals surface area contributed by atoms with Crippen LogP contribution in [0.2, 0.25) is 5.02 Å². The lowest BCUT2D eigenvalue weighted by atomic mass is 9.70. The second kappa shape index (κ2) is 4.60. The summed E-state index contributed by atoms with van der Waals surface area (Å²) in [6.45, 7) is 7.90. The van der Waals surface area contributed by atoms with Crippen LogP contribution in [0.3, 0.4) is 0 Å². The highest BCUT2D eigenvalue weighted by Crippen LogP contribution is 2.40. The van der Waals surface area contributed by atoms with Crippen molar-refractivity contribution in [2.24, 2.45) is 11.8 Å². The highest BCUT2D eigenvalue weighted by Gasteiger charge is 2.43. The van der Waals surface area contributed by atoms with Gasteiger partial charge in [0.2, 0.25) is 0 Å². The zero-order valence-electron chi connectivity index (χ0n) is 10.6. The Kier molecular flexibility index (Phi) is 3.48. The van der Waals surface area contributed by atoms with E-state index >= 15 is 0 Å². The molecular formula is C14H20ClNO. The van der Waals surface area contributed by atoms with Crippen LogP contribution in [0.25, 0.3) is 0 Å². The maximum absolute atomic E-state index is 11.1. The summed E-state index contributed by atoms with van der Waals surface area (Å²) in [5, 5.41) is 15.1. The number of rotatable bonds is 1. The predicted molar refractivity (Wildman–Crippen MR) is 71.3 cm³/mol. The van der Waals surface area contributed by atoms with Gasteiger partial charge >= 0.3 is 0 Å². The summed E-state index contributed by atoms with van der Waals surface area (Å²) in [7, 11) is 0. The predicted octanol–water partition coefficient (Wildman–Crippen LogP) is 2.71. The van der Waals surface area contributed by atoms with E-state index in [2.05, 4.69) is 19.2 Å². The largest absolute Gasteiger partial charge is 0.384 e. The zero-order valence-corrected chi connectivity index (χ0v) is 11.4. The molecule has 0 bridgehead atoms. The SMILES string of the molecule is Cc1cc(Cl)ccc1C1(O)C(C)CNCC1C. The minimum absolute atomic E-state index is 0.200. The smallest absolute Gasteiger partial charge is 0.0974 e. The lowest BCUT2D eigenvalue weighted by molar-refractivity contribution is -0.0811. The van der Waals surface area contributed by atoms with E-state index in [9.17, 15) is 5.11 Å². The molecule has 3 heteroatoms. The number of aryl methyl sites for hydroxylation is 1. The fraction of sp³-hybridized carbons (Fsp3) is 0.571. The zero-order chi connectivity index (χ0) is 12.6. The average Bonchev–Trinajstić information content (AvgIpc) is 2.26. The summed E-state index contributed by atoms with van der Waals surface area (Å²) in [5.41, 5.74) is 1.34. The highest BCUT2D eigenvalue weighted by molar-refractivity contribution is 6.30. The van der Waals surface area contributed by atoms with Crippen LogP contribution < -0.4 is 5.32 Å². The van der Waals surface area contributed by atoms with Gasteiger partial charge in [0.15, 0.2) is 0 Å². The van der Waals surface area contributed by atoms with Crippen LogP contribution in [0.5, 0.6) is 0 Å². The van der Waals surface area contributed by atoms with Crippen molar-refractivity contribution in [2.75, 3.05) is 13.1 Å². The van der Waals surface area contributed by atoms with Crippen LogP contribution in [0, 0.1) is 18.8 Å². The lowest BCUT2D eigenvalue weighted by Gasteiger charge is -2.44. The molecule has 2 nitrogen and oxygen atoms in total. The van der Waals surface area contributed by atoms with E-state index < -0.39 is 5.60 Å². The minimum atomic E-state index is -0.750. The van der Waals surface area contributed by atoms with Crippen molar-refractivity contribution in [2.45, 2.75) is 26.4 Å². The Morgan fingerprint density at radius 1 is 1.29 bits per heavy atom. The Morgan fingerprint density at radius 3 is 2.41 bits per heavy atom. The summed E-state index contributed by atoms with van der Waals surface area (Å²) in [6, 6.07) is 5.76. The molecule has 94 valence electrons. The number of hydrogen-bond donors (Lipinski definition) is 2. The van der Waals surface area contributed by atoms with E-state index in [0.717, 1.165) is 29.2 Å². The standard InChI is InChI=1S/C14H20ClNO/c1-9-6-12(15)4-5-13(9)14(17)10(2)7-16-8-11(14)3/h4-6,10-11,16-17H,7-8H2,1-3H3. The first-order valence-electron chi connectivity index (χ1n) is 6.16. The van der Waals surface area contributed by atoms with Gasteiger partial charge in [-0.15, -0.1) is 0 Å². The van der Waals surface area contributed by atoms with E-state index in [0.29, 0.717) is 0 Å². The first-order valence-corrected chi connectivity index (χ1v) is 6.53. The Bertz CT molecular complexity index is 409. The second-order valence-electron chi connectivity index (χ2n) is 5.24. The van der Waals surface area contributed by atoms with Gasteiger partial charge in [0.25, 0.3) is 0 Å². The maximum Gasteiger partial charge on any atom is 0.0974 e. The molecule has 1 aliphatic rings. The van der Waals surface area contributed by atoms with Gasteiger partial charge in [0, 0.05) is 29.9 Å². The molecule has 2 unspecified atom stereocenters. The molecule has 2 atom stereocenters. The first-order chi connectivity index (χ1) is 7.96. The highest BCUT2D eigenvalue weighted by atomic mass is 35.5. The quantitative estimate of drug-likeness (QED) is 0.807. The Hall–Kier alpha value is -0.570. The van der Waals surface area contributed by atoms with Gasteiger partial charge < -0.3 is 10.4 Å². The molecule has 0 saturated carbocycles. The van der Waals surface area contributed by atoms with Gasteiger partial charge in [-0.1, -0.05) is 31.5 Å². The number of halogens is 1. The van der Waals surface area contributed by atoms with Gasteiger partial charge in [0.1, 0.15) is 0 Å². The van der Waals surface area contributed by atoms with E-state index in [1.807, 2.05) is 25.1 Å². The molecule has 1 aliphatic heterocycles. The third-order valence-corrected chi connectivity index (χ3v) is 4.26. The fourth-order valence-electron chi connectivity index (χ4n) is 2.92. The number of hydrogen-bond acceptors (Lipinski definition) is 2. The van der Waals surface area contributed by atoms with Crippen molar-refractivity contribution < 1.29 is 5.11 Å². The molecule has 2 rings (SSSR count). The Morgan fingerprint density at radius 2 is 1.88 bits per heavy atom. The van der Waals surface area contributed by atoms with E-state index in [1.165, 1.54) is 0 Å². The molecule has 0 radical (unpaired) electrons. The summed E-state index contributed by atoms with van der Waals surface area (Å²) >= 11 is 5.98. The molecule has 1 heterocycles. The van der Waals surface area contributed by atoms with Crippen molar-refractivity contribution in [3.8, 4) is 0 Å². The van der Waals surface area contributed by atoms with Crippen molar-refractivity contribution in [3.05, 3.63) is 34.3 Å². The number of piperidine rings is 1. The summed E-state index contributed by atoms with van der Waals surface area (Å²) in [4.78, 5) is 0. The molecular weight excluding hydrogens is 234 g/mol. The van der Waals surface area contributed by atoms with Gasteiger partial charge in [-0.05, 0) is 30.2 Å². The fourth-order valence-corrected chi connectivity index (χ4v) is 3.15. The molecule has 0 amide bonds. The van der Waals surface area contributed by atoms with Gasteiger partial charge in [-0.25, -0.2) is 0 Å². The van der Waals surface area contributed by atoms with E-state index in [1.54, 1.807) is 0 Å². The number of aliphatic hydroxyl groups is 1. The van der Waals surface area contributed by atoms with Crippen LogP contribution in [-0.2, 0) is 5.60 Å². The Balaban J connectivity index is 2.48. The van der Waals surface area contributed by atoms with Crippen molar-refractivity contribution in [3.63, 3.8) is 0 Å². The van der Waals surface area contributed by atoms with Gasteiger partial charge in [0.05, 0.1) is 5.60 Å². The van der Waals surface area contributed by atoms with Crippen LogP contribution in [0.4, 0.5) is 0 Å². The summed E-state index contributed by atoms with van der Waals surface area (Å²) in [6.07, 6.45) is 0. The molecule has 0 aliphatic carbocycles. The van der Waals surface area contributed by atoms with E-state index in [-0.39, 0.29) is 11.8 Å². The molecule has 1 aromatic rings. The normalized spacial score (nSPS) is 33.7. The second-order valence-corrected chi connectivity index (χ2v) is 5.68. The molecule has 1 fully saturated rings. The molecule has 0 aromatic heterocycles. The summed E-state index contributed by atoms with van der Waals surface area (Å²) < 4.78 is 0. The minimum Gasteiger partial charge on any atom is -0.384 e. The van der Waals surface area contributed by atoms with Gasteiger partial charge in [-0.3, -0.25) is 0 Å². The average molecular weight is 254 g/mol. The van der Waals surface area contributed by atoms with Crippen molar-refractivity contribution in [1.82, 2.24) is 5.32 Å². The topological polar surface area (TPSA) is 32.3 Å². The van der Waals surface area contributed by atoms with Gasteiger partial charge in [-0.2, -0.15) is 0 Å². The molecule has 1 saturated heterocycles. The molecule has 17 heavy (non-hydrogen) atoms. The number of nitrogens with one attached hydrogen (secondary N) is 1.